The molecular formula is C13H19BrF3NO3. The third kappa shape index (κ3) is 4.88. The van der Waals surface area contributed by atoms with Crippen molar-refractivity contribution >= 4 is 22.0 Å². The van der Waals surface area contributed by atoms with Gasteiger partial charge in [-0.25, -0.2) is 4.79 Å². The normalized spacial score (nSPS) is 23.4. The van der Waals surface area contributed by atoms with Crippen LogP contribution in [0.15, 0.2) is 10.6 Å². The van der Waals surface area contributed by atoms with Crippen LogP contribution < -0.4 is 0 Å². The number of carbonyl (C=O) groups is 1. The number of allylic oxidation sites excluding steroid dienone is 1. The summed E-state index contributed by atoms with van der Waals surface area (Å²) >= 11 is 2.49. The molecule has 0 aromatic heterocycles. The van der Waals surface area contributed by atoms with E-state index in [4.69, 9.17) is 9.47 Å². The van der Waals surface area contributed by atoms with Crippen molar-refractivity contribution in [1.82, 2.24) is 4.90 Å². The minimum Gasteiger partial charge on any atom is -0.444 e. The van der Waals surface area contributed by atoms with Gasteiger partial charge in [0.05, 0.1) is 17.1 Å². The molecule has 0 radical (unpaired) electrons. The molecule has 1 amide bonds. The Balaban J connectivity index is 3.03. The third-order valence-electron chi connectivity index (χ3n) is 2.72. The fraction of sp³-hybridized carbons (Fsp3) is 0.769. The molecule has 1 atom stereocenters. The second kappa shape index (κ2) is 5.79. The van der Waals surface area contributed by atoms with Crippen LogP contribution in [-0.2, 0) is 9.47 Å². The molecule has 4 nitrogen and oxygen atoms in total. The van der Waals surface area contributed by atoms with Gasteiger partial charge in [-0.05, 0) is 56.6 Å². The molecule has 0 saturated carbocycles. The van der Waals surface area contributed by atoms with E-state index in [-0.39, 0.29) is 6.61 Å². The molecule has 1 rings (SSSR count). The molecule has 1 saturated heterocycles. The van der Waals surface area contributed by atoms with Crippen LogP contribution in [0.3, 0.4) is 0 Å². The molecule has 1 aliphatic heterocycles. The van der Waals surface area contributed by atoms with Crippen LogP contribution in [0.5, 0.6) is 0 Å². The summed E-state index contributed by atoms with van der Waals surface area (Å²) in [5.41, 5.74) is -1.78. The summed E-state index contributed by atoms with van der Waals surface area (Å²) in [7, 11) is 0. The highest BCUT2D eigenvalue weighted by Crippen LogP contribution is 2.35. The summed E-state index contributed by atoms with van der Waals surface area (Å²) in [5, 5.41) is 0. The zero-order valence-corrected chi connectivity index (χ0v) is 14.1. The summed E-state index contributed by atoms with van der Waals surface area (Å²) < 4.78 is 47.5. The van der Waals surface area contributed by atoms with Crippen molar-refractivity contribution in [2.45, 2.75) is 58.2 Å². The SMILES string of the molecule is CC(C)(C)OC(=O)N1[C@H](/C=C(/Br)C(F)(F)F)COC1(C)C. The van der Waals surface area contributed by atoms with Gasteiger partial charge in [-0.1, -0.05) is 0 Å². The van der Waals surface area contributed by atoms with Gasteiger partial charge >= 0.3 is 12.3 Å². The van der Waals surface area contributed by atoms with E-state index in [1.807, 2.05) is 0 Å². The lowest BCUT2D eigenvalue weighted by molar-refractivity contribution is -0.0839. The Morgan fingerprint density at radius 3 is 2.33 bits per heavy atom. The number of hydrogen-bond donors (Lipinski definition) is 0. The van der Waals surface area contributed by atoms with Gasteiger partial charge in [-0.2, -0.15) is 13.2 Å². The molecule has 8 heteroatoms. The Hall–Kier alpha value is -0.760. The maximum absolute atomic E-state index is 12.6. The van der Waals surface area contributed by atoms with E-state index in [1.54, 1.807) is 34.6 Å². The monoisotopic (exact) mass is 373 g/mol. The lowest BCUT2D eigenvalue weighted by Crippen LogP contribution is -2.49. The largest absolute Gasteiger partial charge is 0.444 e. The standard InChI is InChI=1S/C13H19BrF3NO3/c1-11(2,3)21-10(19)18-8(7-20-12(18,4)5)6-9(14)13(15,16)17/h6,8H,7H2,1-5H3/b9-6+/t8-/m1/s1. The molecule has 0 aliphatic carbocycles. The number of carbonyl (C=O) groups excluding carboxylic acids is 1. The molecule has 0 bridgehead atoms. The molecule has 21 heavy (non-hydrogen) atoms. The van der Waals surface area contributed by atoms with Crippen LogP contribution in [0.25, 0.3) is 0 Å². The summed E-state index contributed by atoms with van der Waals surface area (Å²) in [5.74, 6) is 0. The molecule has 0 aromatic rings. The smallest absolute Gasteiger partial charge is 0.422 e. The van der Waals surface area contributed by atoms with E-state index >= 15 is 0 Å². The van der Waals surface area contributed by atoms with Crippen molar-refractivity contribution in [1.29, 1.82) is 0 Å². The van der Waals surface area contributed by atoms with E-state index in [2.05, 4.69) is 15.9 Å². The summed E-state index contributed by atoms with van der Waals surface area (Å²) in [6, 6.07) is -0.856. The summed E-state index contributed by atoms with van der Waals surface area (Å²) in [4.78, 5) is 13.4. The average Bonchev–Trinajstić information content (AvgIpc) is 2.49. The highest BCUT2D eigenvalue weighted by atomic mass is 79.9. The quantitative estimate of drug-likeness (QED) is 0.691. The van der Waals surface area contributed by atoms with Gasteiger partial charge in [0.25, 0.3) is 0 Å². The van der Waals surface area contributed by atoms with Gasteiger partial charge in [-0.3, -0.25) is 4.90 Å². The summed E-state index contributed by atoms with van der Waals surface area (Å²) in [6.07, 6.45) is -4.31. The van der Waals surface area contributed by atoms with Gasteiger partial charge in [0.15, 0.2) is 0 Å². The first-order valence-corrected chi connectivity index (χ1v) is 7.14. The lowest BCUT2D eigenvalue weighted by atomic mass is 10.2. The van der Waals surface area contributed by atoms with Crippen molar-refractivity contribution in [2.75, 3.05) is 6.61 Å². The maximum Gasteiger partial charge on any atom is 0.422 e. The molecule has 1 heterocycles. The van der Waals surface area contributed by atoms with Crippen LogP contribution in [0.1, 0.15) is 34.6 Å². The second-order valence-corrected chi connectivity index (χ2v) is 7.04. The minimum absolute atomic E-state index is 0.0303. The minimum atomic E-state index is -4.51. The van der Waals surface area contributed by atoms with E-state index in [9.17, 15) is 18.0 Å². The zero-order valence-electron chi connectivity index (χ0n) is 12.5. The number of nitrogens with zero attached hydrogens (tertiary/aromatic N) is 1. The van der Waals surface area contributed by atoms with Gasteiger partial charge in [-0.15, -0.1) is 0 Å². The third-order valence-corrected chi connectivity index (χ3v) is 3.43. The van der Waals surface area contributed by atoms with Crippen molar-refractivity contribution in [2.24, 2.45) is 0 Å². The Kier molecular flexibility index (Phi) is 5.05. The van der Waals surface area contributed by atoms with Crippen molar-refractivity contribution < 1.29 is 27.4 Å². The number of halogens is 4. The molecular weight excluding hydrogens is 355 g/mol. The predicted octanol–water partition coefficient (Wildman–Crippen LogP) is 4.20. The zero-order chi connectivity index (χ0) is 16.6. The average molecular weight is 374 g/mol. The molecule has 1 fully saturated rings. The number of amides is 1. The first kappa shape index (κ1) is 18.3. The van der Waals surface area contributed by atoms with Crippen LogP contribution in [0, 0.1) is 0 Å². The van der Waals surface area contributed by atoms with Crippen molar-refractivity contribution in [3.05, 3.63) is 10.6 Å². The first-order valence-electron chi connectivity index (χ1n) is 6.35. The number of rotatable bonds is 1. The van der Waals surface area contributed by atoms with E-state index < -0.39 is 34.1 Å². The topological polar surface area (TPSA) is 38.8 Å². The molecule has 0 unspecified atom stereocenters. The molecule has 122 valence electrons. The Labute approximate surface area is 130 Å². The fourth-order valence-corrected chi connectivity index (χ4v) is 2.19. The second-order valence-electron chi connectivity index (χ2n) is 6.19. The number of alkyl halides is 3. The fourth-order valence-electron chi connectivity index (χ4n) is 1.89. The highest BCUT2D eigenvalue weighted by Gasteiger charge is 2.46. The van der Waals surface area contributed by atoms with E-state index in [0.29, 0.717) is 0 Å². The Bertz CT molecular complexity index is 441. The molecule has 0 aromatic carbocycles. The van der Waals surface area contributed by atoms with Crippen LogP contribution in [0.4, 0.5) is 18.0 Å². The Morgan fingerprint density at radius 1 is 1.38 bits per heavy atom. The van der Waals surface area contributed by atoms with Gasteiger partial charge in [0, 0.05) is 0 Å². The summed E-state index contributed by atoms with van der Waals surface area (Å²) in [6.45, 7) is 8.23. The maximum atomic E-state index is 12.6. The van der Waals surface area contributed by atoms with E-state index in [0.717, 1.165) is 6.08 Å². The van der Waals surface area contributed by atoms with Crippen LogP contribution >= 0.6 is 15.9 Å². The van der Waals surface area contributed by atoms with Gasteiger partial charge in [0.1, 0.15) is 11.3 Å². The first-order chi connectivity index (χ1) is 9.24. The molecule has 1 aliphatic rings. The Morgan fingerprint density at radius 2 is 1.90 bits per heavy atom. The predicted molar refractivity (Wildman–Crippen MR) is 75.0 cm³/mol. The lowest BCUT2D eigenvalue weighted by Gasteiger charge is -2.34. The van der Waals surface area contributed by atoms with Gasteiger partial charge in [0.2, 0.25) is 0 Å². The van der Waals surface area contributed by atoms with Crippen LogP contribution in [0.2, 0.25) is 0 Å². The van der Waals surface area contributed by atoms with Gasteiger partial charge < -0.3 is 9.47 Å². The van der Waals surface area contributed by atoms with Crippen LogP contribution in [-0.4, -0.2) is 41.1 Å². The number of hydrogen-bond acceptors (Lipinski definition) is 3. The highest BCUT2D eigenvalue weighted by molar-refractivity contribution is 9.11. The molecule has 0 spiro atoms. The van der Waals surface area contributed by atoms with Crippen molar-refractivity contribution in [3.8, 4) is 0 Å². The van der Waals surface area contributed by atoms with Crippen molar-refractivity contribution in [3.63, 3.8) is 0 Å². The van der Waals surface area contributed by atoms with E-state index in [1.165, 1.54) is 4.90 Å². The molecule has 0 N–H and O–H groups in total. The number of ether oxygens (including phenoxy) is 2.